The van der Waals surface area contributed by atoms with Crippen LogP contribution in [0, 0.1) is 6.92 Å². The minimum absolute atomic E-state index is 0.103. The summed E-state index contributed by atoms with van der Waals surface area (Å²) in [6.45, 7) is 3.98. The van der Waals surface area contributed by atoms with Crippen LogP contribution < -0.4 is 9.80 Å². The first-order chi connectivity index (χ1) is 13.3. The summed E-state index contributed by atoms with van der Waals surface area (Å²) in [5.41, 5.74) is 1.86. The zero-order valence-electron chi connectivity index (χ0n) is 15.2. The van der Waals surface area contributed by atoms with Crippen molar-refractivity contribution in [3.63, 3.8) is 0 Å². The number of nitrogens with zero attached hydrogens (tertiary/aromatic N) is 4. The van der Waals surface area contributed by atoms with E-state index in [1.54, 1.807) is 29.2 Å². The maximum absolute atomic E-state index is 13.6. The molecule has 0 saturated carbocycles. The number of hydrogen-bond donors (Lipinski definition) is 0. The Morgan fingerprint density at radius 2 is 1.50 bits per heavy atom. The number of anilines is 2. The molecule has 0 unspecified atom stereocenters. The maximum Gasteiger partial charge on any atom is 0.437 e. The van der Waals surface area contributed by atoms with Gasteiger partial charge in [-0.05, 0) is 36.8 Å². The van der Waals surface area contributed by atoms with Gasteiger partial charge in [-0.3, -0.25) is 0 Å². The topological polar surface area (TPSA) is 32.3 Å². The van der Waals surface area contributed by atoms with Crippen LogP contribution in [0.25, 0.3) is 11.0 Å². The summed E-state index contributed by atoms with van der Waals surface area (Å²) in [5, 5.41) is 0.641. The summed E-state index contributed by atoms with van der Waals surface area (Å²) in [5.74, 6) is -0.103. The molecule has 1 aromatic heterocycles. The molecule has 4 nitrogen and oxygen atoms in total. The number of aryl methyl sites for hydroxylation is 1. The maximum atomic E-state index is 13.6. The van der Waals surface area contributed by atoms with Crippen molar-refractivity contribution in [2.75, 3.05) is 36.0 Å². The number of para-hydroxylation sites is 2. The number of alkyl halides is 3. The number of benzene rings is 2. The summed E-state index contributed by atoms with van der Waals surface area (Å²) < 4.78 is 40.8. The van der Waals surface area contributed by atoms with Crippen LogP contribution in [0.1, 0.15) is 11.3 Å². The van der Waals surface area contributed by atoms with Crippen molar-refractivity contribution in [3.8, 4) is 0 Å². The van der Waals surface area contributed by atoms with E-state index in [9.17, 15) is 13.2 Å². The van der Waals surface area contributed by atoms with Gasteiger partial charge in [0.15, 0.2) is 11.5 Å². The van der Waals surface area contributed by atoms with E-state index >= 15 is 0 Å². The highest BCUT2D eigenvalue weighted by molar-refractivity contribution is 6.30. The predicted octanol–water partition coefficient (Wildman–Crippen LogP) is 4.94. The van der Waals surface area contributed by atoms with Gasteiger partial charge >= 0.3 is 6.18 Å². The molecule has 0 N–H and O–H groups in total. The van der Waals surface area contributed by atoms with E-state index in [-0.39, 0.29) is 11.3 Å². The number of piperazine rings is 1. The third kappa shape index (κ3) is 3.58. The average Bonchev–Trinajstić information content (AvgIpc) is 2.68. The normalized spacial score (nSPS) is 15.3. The Hall–Kier alpha value is -2.54. The molecule has 4 rings (SSSR count). The monoisotopic (exact) mass is 406 g/mol. The Balaban J connectivity index is 1.64. The average molecular weight is 407 g/mol. The molecule has 2 heterocycles. The van der Waals surface area contributed by atoms with Crippen molar-refractivity contribution in [2.24, 2.45) is 0 Å². The summed E-state index contributed by atoms with van der Waals surface area (Å²) in [6, 6.07) is 12.3. The van der Waals surface area contributed by atoms with Gasteiger partial charge < -0.3 is 9.80 Å². The second kappa shape index (κ2) is 7.13. The fourth-order valence-corrected chi connectivity index (χ4v) is 3.65. The first-order valence-corrected chi connectivity index (χ1v) is 9.31. The van der Waals surface area contributed by atoms with Crippen molar-refractivity contribution in [1.29, 1.82) is 0 Å². The molecule has 0 bridgehead atoms. The standard InChI is InChI=1S/C20H18ClF3N4/c1-13-6-7-14(21)12-17(13)27-8-10-28(11-9-27)19-18(20(22,23)24)25-15-4-2-3-5-16(15)26-19/h2-7,12H,8-11H2,1H3. The highest BCUT2D eigenvalue weighted by atomic mass is 35.5. The summed E-state index contributed by atoms with van der Waals surface area (Å²) in [6.07, 6.45) is -4.56. The first kappa shape index (κ1) is 18.8. The quantitative estimate of drug-likeness (QED) is 0.603. The fraction of sp³-hybridized carbons (Fsp3) is 0.300. The molecule has 1 saturated heterocycles. The lowest BCUT2D eigenvalue weighted by Gasteiger charge is -2.38. The molecular formula is C20H18ClF3N4. The second-order valence-corrected chi connectivity index (χ2v) is 7.22. The largest absolute Gasteiger partial charge is 0.437 e. The van der Waals surface area contributed by atoms with Crippen molar-refractivity contribution in [2.45, 2.75) is 13.1 Å². The molecule has 0 atom stereocenters. The SMILES string of the molecule is Cc1ccc(Cl)cc1N1CCN(c2nc3ccccc3nc2C(F)(F)F)CC1. The number of hydrogen-bond acceptors (Lipinski definition) is 4. The highest BCUT2D eigenvalue weighted by Gasteiger charge is 2.39. The molecule has 8 heteroatoms. The predicted molar refractivity (Wildman–Crippen MR) is 105 cm³/mol. The lowest BCUT2D eigenvalue weighted by Crippen LogP contribution is -2.47. The molecule has 0 radical (unpaired) electrons. The van der Waals surface area contributed by atoms with Gasteiger partial charge in [0.25, 0.3) is 0 Å². The van der Waals surface area contributed by atoms with Crippen LogP contribution in [0.15, 0.2) is 42.5 Å². The van der Waals surface area contributed by atoms with Gasteiger partial charge in [-0.15, -0.1) is 0 Å². The second-order valence-electron chi connectivity index (χ2n) is 6.79. The lowest BCUT2D eigenvalue weighted by molar-refractivity contribution is -0.140. The van der Waals surface area contributed by atoms with Gasteiger partial charge in [0.1, 0.15) is 0 Å². The molecule has 146 valence electrons. The van der Waals surface area contributed by atoms with Gasteiger partial charge in [-0.1, -0.05) is 29.8 Å². The molecular weight excluding hydrogens is 389 g/mol. The van der Waals surface area contributed by atoms with E-state index < -0.39 is 11.9 Å². The Bertz CT molecular complexity index is 1010. The molecule has 28 heavy (non-hydrogen) atoms. The van der Waals surface area contributed by atoms with E-state index in [0.29, 0.717) is 36.7 Å². The molecule has 1 aliphatic heterocycles. The highest BCUT2D eigenvalue weighted by Crippen LogP contribution is 2.36. The van der Waals surface area contributed by atoms with E-state index in [1.165, 1.54) is 0 Å². The summed E-state index contributed by atoms with van der Waals surface area (Å²) in [4.78, 5) is 12.0. The van der Waals surface area contributed by atoms with Crippen molar-refractivity contribution < 1.29 is 13.2 Å². The first-order valence-electron chi connectivity index (χ1n) is 8.93. The van der Waals surface area contributed by atoms with Crippen molar-refractivity contribution >= 4 is 34.1 Å². The Morgan fingerprint density at radius 1 is 0.893 bits per heavy atom. The van der Waals surface area contributed by atoms with Crippen LogP contribution in [0.2, 0.25) is 5.02 Å². The van der Waals surface area contributed by atoms with Gasteiger partial charge in [0.2, 0.25) is 0 Å². The summed E-state index contributed by atoms with van der Waals surface area (Å²) in [7, 11) is 0. The summed E-state index contributed by atoms with van der Waals surface area (Å²) >= 11 is 6.11. The lowest BCUT2D eigenvalue weighted by atomic mass is 10.1. The van der Waals surface area contributed by atoms with Crippen LogP contribution in [0.3, 0.4) is 0 Å². The van der Waals surface area contributed by atoms with Crippen LogP contribution in [0.5, 0.6) is 0 Å². The smallest absolute Gasteiger partial charge is 0.368 e. The minimum Gasteiger partial charge on any atom is -0.368 e. The Kier molecular flexibility index (Phi) is 4.79. The van der Waals surface area contributed by atoms with Gasteiger partial charge in [0, 0.05) is 36.9 Å². The van der Waals surface area contributed by atoms with Crippen LogP contribution in [-0.2, 0) is 6.18 Å². The molecule has 0 amide bonds. The number of rotatable bonds is 2. The number of aromatic nitrogens is 2. The van der Waals surface area contributed by atoms with Gasteiger partial charge in [-0.25, -0.2) is 9.97 Å². The molecule has 0 spiro atoms. The zero-order chi connectivity index (χ0) is 19.9. The number of halogens is 4. The van der Waals surface area contributed by atoms with Crippen LogP contribution in [-0.4, -0.2) is 36.1 Å². The van der Waals surface area contributed by atoms with Crippen LogP contribution >= 0.6 is 11.6 Å². The zero-order valence-corrected chi connectivity index (χ0v) is 15.9. The third-order valence-corrected chi connectivity index (χ3v) is 5.15. The Morgan fingerprint density at radius 3 is 2.14 bits per heavy atom. The molecule has 1 aliphatic rings. The fourth-order valence-electron chi connectivity index (χ4n) is 3.48. The molecule has 3 aromatic rings. The molecule has 0 aliphatic carbocycles. The van der Waals surface area contributed by atoms with Crippen molar-refractivity contribution in [1.82, 2.24) is 9.97 Å². The van der Waals surface area contributed by atoms with E-state index in [4.69, 9.17) is 11.6 Å². The number of fused-ring (bicyclic) bond motifs is 1. The Labute approximate surface area is 165 Å². The van der Waals surface area contributed by atoms with E-state index in [1.807, 2.05) is 25.1 Å². The van der Waals surface area contributed by atoms with Crippen molar-refractivity contribution in [3.05, 3.63) is 58.7 Å². The molecule has 1 fully saturated rings. The third-order valence-electron chi connectivity index (χ3n) is 4.91. The molecule has 2 aromatic carbocycles. The minimum atomic E-state index is -4.56. The van der Waals surface area contributed by atoms with Gasteiger partial charge in [0.05, 0.1) is 11.0 Å². The van der Waals surface area contributed by atoms with Crippen LogP contribution in [0.4, 0.5) is 24.7 Å². The van der Waals surface area contributed by atoms with Gasteiger partial charge in [-0.2, -0.15) is 13.2 Å². The van der Waals surface area contributed by atoms with E-state index in [2.05, 4.69) is 14.9 Å². The van der Waals surface area contributed by atoms with E-state index in [0.717, 1.165) is 11.3 Å².